The minimum atomic E-state index is 0.486. The number of hydrogen-bond acceptors (Lipinski definition) is 4. The van der Waals surface area contributed by atoms with Gasteiger partial charge in [0.05, 0.1) is 0 Å². The molecule has 0 amide bonds. The molecule has 5 heteroatoms. The first kappa shape index (κ1) is 16.9. The van der Waals surface area contributed by atoms with Crippen LogP contribution < -0.4 is 0 Å². The maximum atomic E-state index is 4.60. The molecule has 0 aliphatic carbocycles. The Labute approximate surface area is 154 Å². The quantitative estimate of drug-likeness (QED) is 0.710. The van der Waals surface area contributed by atoms with Crippen LogP contribution in [-0.4, -0.2) is 37.7 Å². The van der Waals surface area contributed by atoms with E-state index in [4.69, 9.17) is 0 Å². The SMILES string of the molecule is Cc1cc(-c2ccc([C@H](C)N3CCCCC3)cc2)cnc1-n1cnnc1. The van der Waals surface area contributed by atoms with Crippen LogP contribution in [0.5, 0.6) is 0 Å². The van der Waals surface area contributed by atoms with Crippen molar-refractivity contribution in [3.05, 3.63) is 60.3 Å². The number of piperidine rings is 1. The Hall–Kier alpha value is -2.53. The first-order chi connectivity index (χ1) is 12.7. The molecule has 0 spiro atoms. The smallest absolute Gasteiger partial charge is 0.142 e. The van der Waals surface area contributed by atoms with E-state index >= 15 is 0 Å². The summed E-state index contributed by atoms with van der Waals surface area (Å²) in [7, 11) is 0. The largest absolute Gasteiger partial charge is 0.297 e. The van der Waals surface area contributed by atoms with Crippen molar-refractivity contribution in [1.29, 1.82) is 0 Å². The third-order valence-electron chi connectivity index (χ3n) is 5.38. The molecule has 0 unspecified atom stereocenters. The van der Waals surface area contributed by atoms with E-state index in [0.717, 1.165) is 16.9 Å². The Morgan fingerprint density at radius 2 is 1.62 bits per heavy atom. The summed E-state index contributed by atoms with van der Waals surface area (Å²) in [6, 6.07) is 11.6. The fourth-order valence-corrected chi connectivity index (χ4v) is 3.78. The predicted octanol–water partition coefficient (Wildman–Crippen LogP) is 4.18. The van der Waals surface area contributed by atoms with Crippen molar-refractivity contribution in [2.24, 2.45) is 0 Å². The minimum Gasteiger partial charge on any atom is -0.297 e. The zero-order chi connectivity index (χ0) is 17.9. The molecule has 0 saturated carbocycles. The van der Waals surface area contributed by atoms with Crippen LogP contribution in [0, 0.1) is 6.92 Å². The van der Waals surface area contributed by atoms with Crippen molar-refractivity contribution in [3.8, 4) is 16.9 Å². The number of aromatic nitrogens is 4. The summed E-state index contributed by atoms with van der Waals surface area (Å²) in [5.41, 5.74) is 4.83. The molecular formula is C21H25N5. The second-order valence-corrected chi connectivity index (χ2v) is 7.13. The van der Waals surface area contributed by atoms with Gasteiger partial charge < -0.3 is 0 Å². The topological polar surface area (TPSA) is 46.8 Å². The van der Waals surface area contributed by atoms with E-state index in [0.29, 0.717) is 6.04 Å². The fraction of sp³-hybridized carbons (Fsp3) is 0.381. The number of aryl methyl sites for hydroxylation is 1. The Kier molecular flexibility index (Phi) is 4.80. The average molecular weight is 347 g/mol. The molecule has 0 radical (unpaired) electrons. The molecule has 3 aromatic rings. The zero-order valence-electron chi connectivity index (χ0n) is 15.5. The van der Waals surface area contributed by atoms with Gasteiger partial charge in [0.1, 0.15) is 18.5 Å². The van der Waals surface area contributed by atoms with Crippen molar-refractivity contribution < 1.29 is 0 Å². The van der Waals surface area contributed by atoms with Gasteiger partial charge in [0.15, 0.2) is 0 Å². The van der Waals surface area contributed by atoms with Gasteiger partial charge in [-0.25, -0.2) is 4.98 Å². The van der Waals surface area contributed by atoms with Crippen LogP contribution in [0.25, 0.3) is 16.9 Å². The molecule has 1 aliphatic heterocycles. The molecule has 1 aromatic carbocycles. The van der Waals surface area contributed by atoms with E-state index < -0.39 is 0 Å². The van der Waals surface area contributed by atoms with Crippen LogP contribution in [0.15, 0.2) is 49.2 Å². The normalized spacial score (nSPS) is 16.5. The number of pyridine rings is 1. The number of hydrogen-bond donors (Lipinski definition) is 0. The second-order valence-electron chi connectivity index (χ2n) is 7.13. The first-order valence-corrected chi connectivity index (χ1v) is 9.38. The monoisotopic (exact) mass is 347 g/mol. The molecule has 134 valence electrons. The van der Waals surface area contributed by atoms with E-state index in [9.17, 15) is 0 Å². The molecule has 3 heterocycles. The fourth-order valence-electron chi connectivity index (χ4n) is 3.78. The summed E-state index contributed by atoms with van der Waals surface area (Å²) in [5.74, 6) is 0.870. The summed E-state index contributed by atoms with van der Waals surface area (Å²) in [5, 5.41) is 7.71. The Balaban J connectivity index is 1.54. The molecule has 2 aromatic heterocycles. The number of rotatable bonds is 4. The summed E-state index contributed by atoms with van der Waals surface area (Å²) in [6.45, 7) is 6.83. The molecule has 0 N–H and O–H groups in total. The van der Waals surface area contributed by atoms with E-state index in [1.807, 2.05) is 10.8 Å². The zero-order valence-corrected chi connectivity index (χ0v) is 15.5. The van der Waals surface area contributed by atoms with Crippen LogP contribution >= 0.6 is 0 Å². The van der Waals surface area contributed by atoms with Gasteiger partial charge in [0.25, 0.3) is 0 Å². The van der Waals surface area contributed by atoms with E-state index in [1.54, 1.807) is 12.7 Å². The number of likely N-dealkylation sites (tertiary alicyclic amines) is 1. The average Bonchev–Trinajstić information content (AvgIpc) is 3.22. The van der Waals surface area contributed by atoms with Gasteiger partial charge in [-0.2, -0.15) is 0 Å². The molecule has 0 bridgehead atoms. The van der Waals surface area contributed by atoms with Gasteiger partial charge in [-0.05, 0) is 62.5 Å². The third-order valence-corrected chi connectivity index (χ3v) is 5.38. The molecule has 1 aliphatic rings. The lowest BCUT2D eigenvalue weighted by Crippen LogP contribution is -2.32. The Morgan fingerprint density at radius 3 is 2.27 bits per heavy atom. The van der Waals surface area contributed by atoms with Crippen LogP contribution in [0.2, 0.25) is 0 Å². The highest BCUT2D eigenvalue weighted by Gasteiger charge is 2.18. The molecule has 1 atom stereocenters. The highest BCUT2D eigenvalue weighted by atomic mass is 15.2. The first-order valence-electron chi connectivity index (χ1n) is 9.38. The number of benzene rings is 1. The molecule has 5 nitrogen and oxygen atoms in total. The molecular weight excluding hydrogens is 322 g/mol. The summed E-state index contributed by atoms with van der Waals surface area (Å²) in [6.07, 6.45) is 9.29. The van der Waals surface area contributed by atoms with Gasteiger partial charge in [-0.1, -0.05) is 30.7 Å². The van der Waals surface area contributed by atoms with Crippen molar-refractivity contribution >= 4 is 0 Å². The van der Waals surface area contributed by atoms with Crippen LogP contribution in [-0.2, 0) is 0 Å². The Bertz CT molecular complexity index is 849. The van der Waals surface area contributed by atoms with Gasteiger partial charge in [-0.3, -0.25) is 9.47 Å². The van der Waals surface area contributed by atoms with Crippen LogP contribution in [0.1, 0.15) is 43.4 Å². The predicted molar refractivity (Wildman–Crippen MR) is 103 cm³/mol. The minimum absolute atomic E-state index is 0.486. The van der Waals surface area contributed by atoms with Crippen LogP contribution in [0.4, 0.5) is 0 Å². The summed E-state index contributed by atoms with van der Waals surface area (Å²) >= 11 is 0. The van der Waals surface area contributed by atoms with Gasteiger partial charge in [-0.15, -0.1) is 10.2 Å². The van der Waals surface area contributed by atoms with Crippen molar-refractivity contribution in [1.82, 2.24) is 24.6 Å². The maximum Gasteiger partial charge on any atom is 0.142 e. The molecule has 1 saturated heterocycles. The molecule has 26 heavy (non-hydrogen) atoms. The van der Waals surface area contributed by atoms with Crippen molar-refractivity contribution in [3.63, 3.8) is 0 Å². The lowest BCUT2D eigenvalue weighted by molar-refractivity contribution is 0.175. The number of nitrogens with zero attached hydrogens (tertiary/aromatic N) is 5. The highest BCUT2D eigenvalue weighted by molar-refractivity contribution is 5.64. The van der Waals surface area contributed by atoms with Crippen molar-refractivity contribution in [2.75, 3.05) is 13.1 Å². The van der Waals surface area contributed by atoms with Gasteiger partial charge >= 0.3 is 0 Å². The lowest BCUT2D eigenvalue weighted by Gasteiger charge is -2.32. The lowest BCUT2D eigenvalue weighted by atomic mass is 9.99. The molecule has 4 rings (SSSR count). The van der Waals surface area contributed by atoms with Crippen LogP contribution in [0.3, 0.4) is 0 Å². The summed E-state index contributed by atoms with van der Waals surface area (Å²) in [4.78, 5) is 7.20. The Morgan fingerprint density at radius 1 is 0.923 bits per heavy atom. The third kappa shape index (κ3) is 3.40. The standard InChI is InChI=1S/C21H25N5/c1-16-12-20(13-22-21(16)26-14-23-24-15-26)19-8-6-18(7-9-19)17(2)25-10-4-3-5-11-25/h6-9,12-15,17H,3-5,10-11H2,1-2H3/t17-/m0/s1. The highest BCUT2D eigenvalue weighted by Crippen LogP contribution is 2.27. The summed E-state index contributed by atoms with van der Waals surface area (Å²) < 4.78 is 1.84. The van der Waals surface area contributed by atoms with Gasteiger partial charge in [0, 0.05) is 17.8 Å². The van der Waals surface area contributed by atoms with E-state index in [-0.39, 0.29) is 0 Å². The maximum absolute atomic E-state index is 4.60. The second kappa shape index (κ2) is 7.38. The molecule has 1 fully saturated rings. The van der Waals surface area contributed by atoms with Crippen molar-refractivity contribution in [2.45, 2.75) is 39.2 Å². The van der Waals surface area contributed by atoms with Gasteiger partial charge in [0.2, 0.25) is 0 Å². The van der Waals surface area contributed by atoms with E-state index in [2.05, 4.69) is 64.3 Å². The van der Waals surface area contributed by atoms with E-state index in [1.165, 1.54) is 43.5 Å².